The molecule has 0 saturated heterocycles. The molecule has 1 N–H and O–H groups in total. The fraction of sp³-hybridized carbons (Fsp3) is 0.450. The number of hydrogen-bond acceptors (Lipinski definition) is 4. The molecule has 6 nitrogen and oxygen atoms in total. The van der Waals surface area contributed by atoms with Gasteiger partial charge in [-0.05, 0) is 25.0 Å². The summed E-state index contributed by atoms with van der Waals surface area (Å²) in [7, 11) is 2.02. The lowest BCUT2D eigenvalue weighted by Gasteiger charge is -2.12. The van der Waals surface area contributed by atoms with Gasteiger partial charge in [-0.2, -0.15) is 5.10 Å². The number of nitrogens with zero attached hydrogens (tertiary/aromatic N) is 5. The normalized spacial score (nSPS) is 11.3. The second-order valence-corrected chi connectivity index (χ2v) is 6.99. The number of nitrogens with one attached hydrogen (secondary N) is 1. The lowest BCUT2D eigenvalue weighted by molar-refractivity contribution is 0.692. The second-order valence-electron chi connectivity index (χ2n) is 6.99. The molecule has 0 bridgehead atoms. The molecule has 0 radical (unpaired) electrons. The van der Waals surface area contributed by atoms with Crippen molar-refractivity contribution in [1.82, 2.24) is 24.5 Å². The maximum atomic E-state index is 4.65. The molecule has 2 aromatic heterocycles. The number of anilines is 1. The van der Waals surface area contributed by atoms with E-state index in [1.54, 1.807) is 0 Å². The smallest absolute Gasteiger partial charge is 0.152 e. The third kappa shape index (κ3) is 3.49. The maximum Gasteiger partial charge on any atom is 0.152 e. The second kappa shape index (κ2) is 7.72. The van der Waals surface area contributed by atoms with Gasteiger partial charge in [-0.25, -0.2) is 4.68 Å². The molecule has 0 amide bonds. The van der Waals surface area contributed by atoms with Gasteiger partial charge in [0.15, 0.2) is 5.82 Å². The Balaban J connectivity index is 1.86. The van der Waals surface area contributed by atoms with Crippen molar-refractivity contribution in [3.63, 3.8) is 0 Å². The van der Waals surface area contributed by atoms with Crippen molar-refractivity contribution >= 4 is 5.69 Å². The topological polar surface area (TPSA) is 60.6 Å². The highest BCUT2D eigenvalue weighted by molar-refractivity contribution is 5.52. The summed E-state index contributed by atoms with van der Waals surface area (Å²) in [5, 5.41) is 16.8. The number of hydrogen-bond donors (Lipinski definition) is 1. The van der Waals surface area contributed by atoms with Crippen LogP contribution in [0, 0.1) is 6.92 Å². The minimum atomic E-state index is 0.362. The van der Waals surface area contributed by atoms with Crippen LogP contribution in [-0.2, 0) is 20.0 Å². The minimum Gasteiger partial charge on any atom is -0.375 e. The molecule has 0 aliphatic heterocycles. The lowest BCUT2D eigenvalue weighted by Crippen LogP contribution is -2.10. The Morgan fingerprint density at radius 3 is 2.58 bits per heavy atom. The third-order valence-electron chi connectivity index (χ3n) is 4.65. The molecule has 0 fully saturated rings. The van der Waals surface area contributed by atoms with Gasteiger partial charge in [0.1, 0.15) is 5.82 Å². The fourth-order valence-electron chi connectivity index (χ4n) is 3.21. The molecule has 138 valence electrons. The summed E-state index contributed by atoms with van der Waals surface area (Å²) in [5.74, 6) is 2.30. The van der Waals surface area contributed by atoms with Crippen LogP contribution < -0.4 is 5.32 Å². The van der Waals surface area contributed by atoms with Crippen molar-refractivity contribution in [3.8, 4) is 5.69 Å². The molecule has 3 aromatic rings. The van der Waals surface area contributed by atoms with E-state index in [4.69, 9.17) is 0 Å². The summed E-state index contributed by atoms with van der Waals surface area (Å²) in [5.41, 5.74) is 4.61. The van der Waals surface area contributed by atoms with Crippen molar-refractivity contribution in [2.24, 2.45) is 7.05 Å². The molecular formula is C20H28N6. The molecule has 3 rings (SSSR count). The Kier molecular flexibility index (Phi) is 5.40. The van der Waals surface area contributed by atoms with Crippen molar-refractivity contribution in [3.05, 3.63) is 53.4 Å². The van der Waals surface area contributed by atoms with Gasteiger partial charge in [-0.15, -0.1) is 10.2 Å². The molecular weight excluding hydrogens is 324 g/mol. The summed E-state index contributed by atoms with van der Waals surface area (Å²) in [4.78, 5) is 0. The predicted octanol–water partition coefficient (Wildman–Crippen LogP) is 4.00. The van der Waals surface area contributed by atoms with E-state index in [-0.39, 0.29) is 0 Å². The van der Waals surface area contributed by atoms with E-state index in [2.05, 4.69) is 81.8 Å². The number of aromatic nitrogens is 5. The van der Waals surface area contributed by atoms with Crippen molar-refractivity contribution in [1.29, 1.82) is 0 Å². The predicted molar refractivity (Wildman–Crippen MR) is 105 cm³/mol. The fourth-order valence-corrected chi connectivity index (χ4v) is 3.21. The van der Waals surface area contributed by atoms with E-state index >= 15 is 0 Å². The first-order chi connectivity index (χ1) is 12.5. The summed E-state index contributed by atoms with van der Waals surface area (Å²) in [6.45, 7) is 9.20. The average Bonchev–Trinajstić information content (AvgIpc) is 3.18. The molecule has 0 unspecified atom stereocenters. The van der Waals surface area contributed by atoms with Crippen LogP contribution >= 0.6 is 0 Å². The van der Waals surface area contributed by atoms with E-state index in [1.807, 2.05) is 13.2 Å². The Hall–Kier alpha value is -2.63. The summed E-state index contributed by atoms with van der Waals surface area (Å²) in [6, 6.07) is 8.34. The zero-order chi connectivity index (χ0) is 18.7. The number of aryl methyl sites for hydroxylation is 1. The number of rotatable bonds is 7. The van der Waals surface area contributed by atoms with Gasteiger partial charge in [0, 0.05) is 13.0 Å². The summed E-state index contributed by atoms with van der Waals surface area (Å²) < 4.78 is 4.13. The molecule has 1 aromatic carbocycles. The summed E-state index contributed by atoms with van der Waals surface area (Å²) >= 11 is 0. The van der Waals surface area contributed by atoms with Crippen molar-refractivity contribution < 1.29 is 0 Å². The quantitative estimate of drug-likeness (QED) is 0.698. The number of para-hydroxylation sites is 1. The van der Waals surface area contributed by atoms with Gasteiger partial charge in [-0.3, -0.25) is 0 Å². The highest BCUT2D eigenvalue weighted by Gasteiger charge is 2.15. The zero-order valence-corrected chi connectivity index (χ0v) is 16.3. The SMILES string of the molecule is CCCc1c(NCc2nnc(C(C)C)n2C)cnn1-c1ccccc1C. The van der Waals surface area contributed by atoms with E-state index in [1.165, 1.54) is 11.3 Å². The van der Waals surface area contributed by atoms with Crippen LogP contribution in [0.2, 0.25) is 0 Å². The van der Waals surface area contributed by atoms with Gasteiger partial charge in [0.2, 0.25) is 0 Å². The van der Waals surface area contributed by atoms with E-state index in [0.717, 1.165) is 35.9 Å². The largest absolute Gasteiger partial charge is 0.375 e. The Labute approximate surface area is 155 Å². The molecule has 0 spiro atoms. The highest BCUT2D eigenvalue weighted by Crippen LogP contribution is 2.23. The van der Waals surface area contributed by atoms with Crippen LogP contribution in [0.3, 0.4) is 0 Å². The lowest BCUT2D eigenvalue weighted by atomic mass is 10.1. The van der Waals surface area contributed by atoms with Crippen LogP contribution in [0.25, 0.3) is 5.69 Å². The van der Waals surface area contributed by atoms with Crippen LogP contribution in [-0.4, -0.2) is 24.5 Å². The molecule has 0 aliphatic rings. The van der Waals surface area contributed by atoms with E-state index < -0.39 is 0 Å². The maximum absolute atomic E-state index is 4.65. The highest BCUT2D eigenvalue weighted by atomic mass is 15.3. The van der Waals surface area contributed by atoms with Crippen LogP contribution in [0.4, 0.5) is 5.69 Å². The molecule has 0 atom stereocenters. The van der Waals surface area contributed by atoms with Gasteiger partial charge in [0.05, 0.1) is 29.8 Å². The van der Waals surface area contributed by atoms with E-state index in [0.29, 0.717) is 12.5 Å². The van der Waals surface area contributed by atoms with Crippen molar-refractivity contribution in [2.75, 3.05) is 5.32 Å². The van der Waals surface area contributed by atoms with Gasteiger partial charge in [0.25, 0.3) is 0 Å². The van der Waals surface area contributed by atoms with Gasteiger partial charge >= 0.3 is 0 Å². The Morgan fingerprint density at radius 1 is 1.15 bits per heavy atom. The molecule has 0 aliphatic carbocycles. The Bertz CT molecular complexity index is 874. The third-order valence-corrected chi connectivity index (χ3v) is 4.65. The van der Waals surface area contributed by atoms with Crippen LogP contribution in [0.15, 0.2) is 30.5 Å². The average molecular weight is 352 g/mol. The molecule has 0 saturated carbocycles. The minimum absolute atomic E-state index is 0.362. The monoisotopic (exact) mass is 352 g/mol. The van der Waals surface area contributed by atoms with Crippen LogP contribution in [0.1, 0.15) is 56.0 Å². The molecule has 26 heavy (non-hydrogen) atoms. The summed E-state index contributed by atoms with van der Waals surface area (Å²) in [6.07, 6.45) is 3.94. The number of benzene rings is 1. The standard InChI is InChI=1S/C20H28N6/c1-6-9-18-16(12-22-26(18)17-11-8-7-10-15(17)4)21-13-19-23-24-20(14(2)3)25(19)5/h7-8,10-12,14,21H,6,9,13H2,1-5H3. The van der Waals surface area contributed by atoms with Crippen LogP contribution in [0.5, 0.6) is 0 Å². The van der Waals surface area contributed by atoms with Crippen molar-refractivity contribution in [2.45, 2.75) is 53.0 Å². The Morgan fingerprint density at radius 2 is 1.92 bits per heavy atom. The first kappa shape index (κ1) is 18.2. The van der Waals surface area contributed by atoms with Gasteiger partial charge in [-0.1, -0.05) is 45.4 Å². The molecule has 2 heterocycles. The first-order valence-corrected chi connectivity index (χ1v) is 9.27. The van der Waals surface area contributed by atoms with E-state index in [9.17, 15) is 0 Å². The zero-order valence-electron chi connectivity index (χ0n) is 16.3. The first-order valence-electron chi connectivity index (χ1n) is 9.27. The van der Waals surface area contributed by atoms with Gasteiger partial charge < -0.3 is 9.88 Å². The molecule has 6 heteroatoms.